The summed E-state index contributed by atoms with van der Waals surface area (Å²) in [5.74, 6) is -0.257. The third-order valence-corrected chi connectivity index (χ3v) is 6.53. The molecule has 0 saturated carbocycles. The highest BCUT2D eigenvalue weighted by molar-refractivity contribution is 8.00. The maximum atomic E-state index is 12.8. The van der Waals surface area contributed by atoms with Gasteiger partial charge < -0.3 is 9.64 Å². The van der Waals surface area contributed by atoms with Crippen LogP contribution >= 0.6 is 11.8 Å². The van der Waals surface area contributed by atoms with Gasteiger partial charge in [-0.05, 0) is 53.7 Å². The van der Waals surface area contributed by atoms with Crippen molar-refractivity contribution in [2.75, 3.05) is 19.6 Å². The number of carbonyl (C=O) groups excluding carboxylic acids is 2. The summed E-state index contributed by atoms with van der Waals surface area (Å²) in [4.78, 5) is 28.5. The molecule has 0 atom stereocenters. The van der Waals surface area contributed by atoms with E-state index in [4.69, 9.17) is 10.00 Å². The molecule has 2 aliphatic rings. The standard InChI is InChI=1S/C23H20F3N3O3S/c24-23(25,26)33-19-7-5-18(6-8-19)20(30)28-11-9-22(10-12-28)15-29(21(31)32-22)14-17-3-1-16(13-27)2-4-17/h1-8H,9-12,14-15H2. The maximum Gasteiger partial charge on any atom is 0.446 e. The molecule has 2 fully saturated rings. The van der Waals surface area contributed by atoms with Gasteiger partial charge in [0.2, 0.25) is 0 Å². The van der Waals surface area contributed by atoms with Crippen molar-refractivity contribution >= 4 is 23.8 Å². The summed E-state index contributed by atoms with van der Waals surface area (Å²) in [5.41, 5.74) is -3.27. The van der Waals surface area contributed by atoms with E-state index in [1.54, 1.807) is 34.1 Å². The molecule has 2 saturated heterocycles. The number of rotatable bonds is 4. The number of ether oxygens (including phenoxy) is 1. The number of alkyl halides is 3. The predicted molar refractivity (Wildman–Crippen MR) is 114 cm³/mol. The summed E-state index contributed by atoms with van der Waals surface area (Å²) in [6.07, 6.45) is 0.559. The van der Waals surface area contributed by atoms with Crippen LogP contribution in [0.3, 0.4) is 0 Å². The zero-order valence-electron chi connectivity index (χ0n) is 17.5. The fourth-order valence-electron chi connectivity index (χ4n) is 4.08. The average molecular weight is 475 g/mol. The summed E-state index contributed by atoms with van der Waals surface area (Å²) in [5, 5.41) is 8.90. The van der Waals surface area contributed by atoms with E-state index < -0.39 is 17.2 Å². The lowest BCUT2D eigenvalue weighted by Crippen LogP contribution is -2.48. The highest BCUT2D eigenvalue weighted by atomic mass is 32.2. The molecule has 0 aliphatic carbocycles. The molecule has 6 nitrogen and oxygen atoms in total. The second-order valence-electron chi connectivity index (χ2n) is 8.08. The highest BCUT2D eigenvalue weighted by Gasteiger charge is 2.47. The molecule has 172 valence electrons. The SMILES string of the molecule is N#Cc1ccc(CN2CC3(CCN(C(=O)c4ccc(SC(F)(F)F)cc4)CC3)OC2=O)cc1. The summed E-state index contributed by atoms with van der Waals surface area (Å²) >= 11 is -0.220. The van der Waals surface area contributed by atoms with Gasteiger partial charge >= 0.3 is 11.6 Å². The Hall–Kier alpha value is -3.19. The maximum absolute atomic E-state index is 12.8. The molecule has 2 aliphatic heterocycles. The molecule has 2 heterocycles. The van der Waals surface area contributed by atoms with Crippen molar-refractivity contribution in [3.63, 3.8) is 0 Å². The molecule has 0 radical (unpaired) electrons. The number of carbonyl (C=O) groups is 2. The van der Waals surface area contributed by atoms with Crippen LogP contribution in [0.1, 0.15) is 34.3 Å². The average Bonchev–Trinajstić information content (AvgIpc) is 3.08. The first-order valence-corrected chi connectivity index (χ1v) is 11.1. The predicted octanol–water partition coefficient (Wildman–Crippen LogP) is 4.80. The van der Waals surface area contributed by atoms with Crippen LogP contribution < -0.4 is 0 Å². The van der Waals surface area contributed by atoms with E-state index in [-0.39, 0.29) is 22.6 Å². The van der Waals surface area contributed by atoms with Crippen LogP contribution in [0.25, 0.3) is 0 Å². The Bertz CT molecular complexity index is 1070. The third-order valence-electron chi connectivity index (χ3n) is 5.79. The minimum atomic E-state index is -4.38. The van der Waals surface area contributed by atoms with E-state index in [9.17, 15) is 22.8 Å². The van der Waals surface area contributed by atoms with Crippen LogP contribution in [-0.4, -0.2) is 52.5 Å². The number of benzene rings is 2. The molecule has 0 aromatic heterocycles. The number of likely N-dealkylation sites (tertiary alicyclic amines) is 1. The first-order valence-electron chi connectivity index (χ1n) is 10.3. The van der Waals surface area contributed by atoms with Gasteiger partial charge in [0.05, 0.1) is 18.2 Å². The van der Waals surface area contributed by atoms with Crippen molar-refractivity contribution in [3.05, 3.63) is 65.2 Å². The molecular weight excluding hydrogens is 455 g/mol. The van der Waals surface area contributed by atoms with Gasteiger partial charge in [0.1, 0.15) is 5.60 Å². The lowest BCUT2D eigenvalue weighted by Gasteiger charge is -2.37. The zero-order chi connectivity index (χ0) is 23.6. The van der Waals surface area contributed by atoms with E-state index >= 15 is 0 Å². The topological polar surface area (TPSA) is 73.6 Å². The lowest BCUT2D eigenvalue weighted by molar-refractivity contribution is -0.0328. The Morgan fingerprint density at radius 3 is 2.30 bits per heavy atom. The minimum absolute atomic E-state index is 0.0249. The smallest absolute Gasteiger partial charge is 0.441 e. The van der Waals surface area contributed by atoms with Crippen LogP contribution in [0.15, 0.2) is 53.4 Å². The van der Waals surface area contributed by atoms with Gasteiger partial charge in [0.15, 0.2) is 0 Å². The summed E-state index contributed by atoms with van der Waals surface area (Å²) in [6, 6.07) is 14.4. The summed E-state index contributed by atoms with van der Waals surface area (Å²) in [7, 11) is 0. The number of thioether (sulfide) groups is 1. The van der Waals surface area contributed by atoms with Crippen LogP contribution in [-0.2, 0) is 11.3 Å². The Kier molecular flexibility index (Phi) is 6.26. The fraction of sp³-hybridized carbons (Fsp3) is 0.348. The molecular formula is C23H20F3N3O3S. The zero-order valence-corrected chi connectivity index (χ0v) is 18.3. The monoisotopic (exact) mass is 475 g/mol. The molecule has 0 bridgehead atoms. The van der Waals surface area contributed by atoms with Gasteiger partial charge in [-0.3, -0.25) is 9.69 Å². The van der Waals surface area contributed by atoms with Gasteiger partial charge in [0.25, 0.3) is 5.91 Å². The molecule has 10 heteroatoms. The number of hydrogen-bond donors (Lipinski definition) is 0. The van der Waals surface area contributed by atoms with Crippen LogP contribution in [0, 0.1) is 11.3 Å². The number of nitriles is 1. The van der Waals surface area contributed by atoms with Crippen molar-refractivity contribution in [1.82, 2.24) is 9.80 Å². The number of piperidine rings is 1. The number of halogens is 3. The molecule has 0 N–H and O–H groups in total. The summed E-state index contributed by atoms with van der Waals surface area (Å²) in [6.45, 7) is 1.56. The first-order chi connectivity index (χ1) is 15.7. The molecule has 1 spiro atoms. The van der Waals surface area contributed by atoms with Gasteiger partial charge in [-0.25, -0.2) is 4.79 Å². The second kappa shape index (κ2) is 8.98. The van der Waals surface area contributed by atoms with Crippen molar-refractivity contribution in [3.8, 4) is 6.07 Å². The van der Waals surface area contributed by atoms with Crippen LogP contribution in [0.4, 0.5) is 18.0 Å². The quantitative estimate of drug-likeness (QED) is 0.594. The Morgan fingerprint density at radius 1 is 1.09 bits per heavy atom. The Morgan fingerprint density at radius 2 is 1.73 bits per heavy atom. The van der Waals surface area contributed by atoms with Crippen LogP contribution in [0.5, 0.6) is 0 Å². The van der Waals surface area contributed by atoms with Crippen molar-refractivity contribution in [1.29, 1.82) is 5.26 Å². The normalized spacial score (nSPS) is 17.7. The highest BCUT2D eigenvalue weighted by Crippen LogP contribution is 2.37. The van der Waals surface area contributed by atoms with Crippen LogP contribution in [0.2, 0.25) is 0 Å². The van der Waals surface area contributed by atoms with Gasteiger partial charge in [0, 0.05) is 42.9 Å². The first kappa shape index (κ1) is 23.0. The fourth-order valence-corrected chi connectivity index (χ4v) is 4.62. The molecule has 0 unspecified atom stereocenters. The van der Waals surface area contributed by atoms with Crippen molar-refractivity contribution < 1.29 is 27.5 Å². The van der Waals surface area contributed by atoms with Gasteiger partial charge in [-0.2, -0.15) is 18.4 Å². The number of amides is 2. The Labute approximate surface area is 192 Å². The van der Waals surface area contributed by atoms with E-state index in [0.29, 0.717) is 50.1 Å². The van der Waals surface area contributed by atoms with Gasteiger partial charge in [-0.1, -0.05) is 12.1 Å². The van der Waals surface area contributed by atoms with E-state index in [1.807, 2.05) is 0 Å². The minimum Gasteiger partial charge on any atom is -0.441 e. The lowest BCUT2D eigenvalue weighted by atomic mass is 9.91. The van der Waals surface area contributed by atoms with Crippen molar-refractivity contribution in [2.45, 2.75) is 35.4 Å². The number of hydrogen-bond acceptors (Lipinski definition) is 5. The van der Waals surface area contributed by atoms with Crippen molar-refractivity contribution in [2.24, 2.45) is 0 Å². The largest absolute Gasteiger partial charge is 0.446 e. The van der Waals surface area contributed by atoms with Gasteiger partial charge in [-0.15, -0.1) is 0 Å². The molecule has 2 aromatic carbocycles. The van der Waals surface area contributed by atoms with E-state index in [2.05, 4.69) is 6.07 Å². The van der Waals surface area contributed by atoms with E-state index in [0.717, 1.165) is 5.56 Å². The second-order valence-corrected chi connectivity index (χ2v) is 9.22. The molecule has 2 amide bonds. The third kappa shape index (κ3) is 5.42. The number of nitrogens with zero attached hydrogens (tertiary/aromatic N) is 3. The van der Waals surface area contributed by atoms with E-state index in [1.165, 1.54) is 24.3 Å². The molecule has 33 heavy (non-hydrogen) atoms. The molecule has 4 rings (SSSR count). The Balaban J connectivity index is 1.33. The molecule has 2 aromatic rings. The summed E-state index contributed by atoms with van der Waals surface area (Å²) < 4.78 is 43.1.